The van der Waals surface area contributed by atoms with Crippen LogP contribution in [-0.4, -0.2) is 27.7 Å². The van der Waals surface area contributed by atoms with Crippen molar-refractivity contribution in [3.63, 3.8) is 0 Å². The Labute approximate surface area is 91.7 Å². The molecular formula is C11H10FN3O. The molecule has 0 atom stereocenters. The van der Waals surface area contributed by atoms with Crippen molar-refractivity contribution in [3.8, 4) is 11.3 Å². The van der Waals surface area contributed by atoms with E-state index in [1.165, 1.54) is 4.68 Å². The van der Waals surface area contributed by atoms with Crippen LogP contribution < -0.4 is 0 Å². The Morgan fingerprint density at radius 1 is 1.50 bits per heavy atom. The summed E-state index contributed by atoms with van der Waals surface area (Å²) in [6.07, 6.45) is 3.97. The second kappa shape index (κ2) is 4.65. The maximum Gasteiger partial charge on any atom is 0.168 e. The second-order valence-electron chi connectivity index (χ2n) is 3.23. The van der Waals surface area contributed by atoms with Gasteiger partial charge >= 0.3 is 0 Å². The van der Waals surface area contributed by atoms with Gasteiger partial charge < -0.3 is 0 Å². The summed E-state index contributed by atoms with van der Waals surface area (Å²) in [7, 11) is 0. The first-order valence-electron chi connectivity index (χ1n) is 4.84. The molecule has 2 rings (SSSR count). The van der Waals surface area contributed by atoms with Crippen LogP contribution in [0.4, 0.5) is 4.39 Å². The lowest BCUT2D eigenvalue weighted by molar-refractivity contribution is 0.111. The summed E-state index contributed by atoms with van der Waals surface area (Å²) in [5.74, 6) is 0. The normalized spacial score (nSPS) is 10.3. The summed E-state index contributed by atoms with van der Waals surface area (Å²) in [6, 6.07) is 5.24. The summed E-state index contributed by atoms with van der Waals surface area (Å²) in [5.41, 5.74) is 1.81. The highest BCUT2D eigenvalue weighted by Crippen LogP contribution is 2.16. The Balaban J connectivity index is 2.40. The van der Waals surface area contributed by atoms with Gasteiger partial charge in [-0.05, 0) is 18.2 Å². The molecule has 0 fully saturated rings. The molecule has 82 valence electrons. The standard InChI is InChI=1S/C11H10FN3O/c12-3-5-15-10(8-16)6-11(14-15)9-2-1-4-13-7-9/h1-2,4,6-8H,3,5H2. The van der Waals surface area contributed by atoms with Gasteiger partial charge in [0.05, 0.1) is 12.2 Å². The van der Waals surface area contributed by atoms with Gasteiger partial charge in [-0.3, -0.25) is 14.5 Å². The molecule has 0 aliphatic rings. The molecule has 0 aliphatic heterocycles. The number of carbonyl (C=O) groups is 1. The van der Waals surface area contributed by atoms with Crippen molar-refractivity contribution in [1.82, 2.24) is 14.8 Å². The number of nitrogens with zero attached hydrogens (tertiary/aromatic N) is 3. The van der Waals surface area contributed by atoms with Gasteiger partial charge in [0.25, 0.3) is 0 Å². The number of rotatable bonds is 4. The monoisotopic (exact) mass is 219 g/mol. The van der Waals surface area contributed by atoms with E-state index in [1.54, 1.807) is 24.5 Å². The van der Waals surface area contributed by atoms with E-state index < -0.39 is 6.67 Å². The average Bonchev–Trinajstić information content (AvgIpc) is 2.74. The number of pyridine rings is 1. The number of aldehydes is 1. The fraction of sp³-hybridized carbons (Fsp3) is 0.182. The Morgan fingerprint density at radius 3 is 3.00 bits per heavy atom. The fourth-order valence-corrected chi connectivity index (χ4v) is 1.44. The van der Waals surface area contributed by atoms with Crippen LogP contribution in [0.2, 0.25) is 0 Å². The van der Waals surface area contributed by atoms with Gasteiger partial charge in [0.2, 0.25) is 0 Å². The van der Waals surface area contributed by atoms with Crippen molar-refractivity contribution in [2.24, 2.45) is 0 Å². The summed E-state index contributed by atoms with van der Waals surface area (Å²) in [6.45, 7) is -0.455. The van der Waals surface area contributed by atoms with Gasteiger partial charge in [0, 0.05) is 18.0 Å². The highest BCUT2D eigenvalue weighted by molar-refractivity contribution is 5.75. The summed E-state index contributed by atoms with van der Waals surface area (Å²) >= 11 is 0. The molecule has 0 spiro atoms. The van der Waals surface area contributed by atoms with Gasteiger partial charge in [0.1, 0.15) is 12.4 Å². The van der Waals surface area contributed by atoms with Crippen LogP contribution in [0.5, 0.6) is 0 Å². The third-order valence-corrected chi connectivity index (χ3v) is 2.19. The van der Waals surface area contributed by atoms with E-state index in [4.69, 9.17) is 0 Å². The first kappa shape index (κ1) is 10.5. The largest absolute Gasteiger partial charge is 0.296 e. The average molecular weight is 219 g/mol. The fourth-order valence-electron chi connectivity index (χ4n) is 1.44. The quantitative estimate of drug-likeness (QED) is 0.736. The van der Waals surface area contributed by atoms with Crippen LogP contribution in [0, 0.1) is 0 Å². The first-order chi connectivity index (χ1) is 7.85. The molecule has 2 aromatic heterocycles. The van der Waals surface area contributed by atoms with Gasteiger partial charge in [-0.15, -0.1) is 0 Å². The van der Waals surface area contributed by atoms with Crippen LogP contribution in [0.25, 0.3) is 11.3 Å². The number of aryl methyl sites for hydroxylation is 1. The molecule has 0 bridgehead atoms. The summed E-state index contributed by atoms with van der Waals surface area (Å²) in [4.78, 5) is 14.7. The molecule has 0 radical (unpaired) electrons. The Hall–Kier alpha value is -2.04. The molecule has 0 unspecified atom stereocenters. The highest BCUT2D eigenvalue weighted by Gasteiger charge is 2.08. The van der Waals surface area contributed by atoms with Crippen molar-refractivity contribution in [2.45, 2.75) is 6.54 Å². The van der Waals surface area contributed by atoms with Gasteiger partial charge in [-0.25, -0.2) is 4.39 Å². The van der Waals surface area contributed by atoms with Crippen molar-refractivity contribution in [2.75, 3.05) is 6.67 Å². The van der Waals surface area contributed by atoms with Crippen LogP contribution in [0.1, 0.15) is 10.5 Å². The third-order valence-electron chi connectivity index (χ3n) is 2.19. The minimum absolute atomic E-state index is 0.0916. The molecule has 0 aromatic carbocycles. The van der Waals surface area contributed by atoms with Gasteiger partial charge in [-0.1, -0.05) is 0 Å². The molecule has 16 heavy (non-hydrogen) atoms. The van der Waals surface area contributed by atoms with E-state index in [9.17, 15) is 9.18 Å². The number of carbonyl (C=O) groups excluding carboxylic acids is 1. The molecular weight excluding hydrogens is 209 g/mol. The van der Waals surface area contributed by atoms with Crippen molar-refractivity contribution >= 4 is 6.29 Å². The van der Waals surface area contributed by atoms with E-state index in [1.807, 2.05) is 6.07 Å². The van der Waals surface area contributed by atoms with Crippen molar-refractivity contribution < 1.29 is 9.18 Å². The second-order valence-corrected chi connectivity index (χ2v) is 3.23. The van der Waals surface area contributed by atoms with Gasteiger partial charge in [0.15, 0.2) is 6.29 Å². The molecule has 0 saturated carbocycles. The summed E-state index contributed by atoms with van der Waals surface area (Å²) in [5, 5.41) is 4.15. The third kappa shape index (κ3) is 1.98. The van der Waals surface area contributed by atoms with Crippen LogP contribution in [-0.2, 0) is 6.54 Å². The molecule has 4 nitrogen and oxygen atoms in total. The van der Waals surface area contributed by atoms with Crippen LogP contribution in [0.3, 0.4) is 0 Å². The minimum atomic E-state index is -0.547. The molecule has 2 aromatic rings. The number of alkyl halides is 1. The Kier molecular flexibility index (Phi) is 3.05. The summed E-state index contributed by atoms with van der Waals surface area (Å²) < 4.78 is 13.6. The maximum absolute atomic E-state index is 12.2. The predicted octanol–water partition coefficient (Wildman–Crippen LogP) is 1.73. The van der Waals surface area contributed by atoms with Crippen LogP contribution >= 0.6 is 0 Å². The maximum atomic E-state index is 12.2. The van der Waals surface area contributed by atoms with E-state index in [-0.39, 0.29) is 6.54 Å². The molecule has 0 saturated heterocycles. The van der Waals surface area contributed by atoms with E-state index in [2.05, 4.69) is 10.1 Å². The topological polar surface area (TPSA) is 47.8 Å². The molecule has 0 aliphatic carbocycles. The first-order valence-corrected chi connectivity index (χ1v) is 4.84. The number of hydrogen-bond donors (Lipinski definition) is 0. The lowest BCUT2D eigenvalue weighted by atomic mass is 10.2. The SMILES string of the molecule is O=Cc1cc(-c2cccnc2)nn1CCF. The van der Waals surface area contributed by atoms with Crippen molar-refractivity contribution in [3.05, 3.63) is 36.3 Å². The number of halogens is 1. The molecule has 5 heteroatoms. The van der Waals surface area contributed by atoms with E-state index in [0.29, 0.717) is 17.7 Å². The zero-order valence-electron chi connectivity index (χ0n) is 8.51. The Morgan fingerprint density at radius 2 is 2.38 bits per heavy atom. The molecule has 0 amide bonds. The zero-order valence-corrected chi connectivity index (χ0v) is 8.51. The lowest BCUT2D eigenvalue weighted by Crippen LogP contribution is -2.05. The van der Waals surface area contributed by atoms with E-state index >= 15 is 0 Å². The molecule has 2 heterocycles. The number of aromatic nitrogens is 3. The van der Waals surface area contributed by atoms with Crippen molar-refractivity contribution in [1.29, 1.82) is 0 Å². The smallest absolute Gasteiger partial charge is 0.168 e. The number of hydrogen-bond acceptors (Lipinski definition) is 3. The molecule has 0 N–H and O–H groups in total. The van der Waals surface area contributed by atoms with Gasteiger partial charge in [-0.2, -0.15) is 5.10 Å². The minimum Gasteiger partial charge on any atom is -0.296 e. The zero-order chi connectivity index (χ0) is 11.4. The lowest BCUT2D eigenvalue weighted by Gasteiger charge is -1.97. The Bertz CT molecular complexity index is 481. The predicted molar refractivity (Wildman–Crippen MR) is 56.8 cm³/mol. The van der Waals surface area contributed by atoms with Crippen LogP contribution in [0.15, 0.2) is 30.6 Å². The highest BCUT2D eigenvalue weighted by atomic mass is 19.1. The van der Waals surface area contributed by atoms with E-state index in [0.717, 1.165) is 5.56 Å².